The standard InChI is InChI=1S/C38H25F3N2Si.C21H11F5N2.2C20H11F3N2/c39-38(40,41)33-24-27(26-42)37(25-36(33)43-34-22-12-10-20-31(34)32-21-11-13-23-35(32)43)44(28-14-4-1-5-15-28,29-16-6-2-7-17-29)30-18-8-3-9-19-30;22-20(23,21(24,25)26)16-11-13(12-27)9-10-19(16)28-17-7-3-1-5-14(17)15-6-2-4-8-18(15)28;21-20(22,23)16-11-13(12-24)9-10-19(16)25-17-7-3-1-5-14(17)15-6-2-4-8-18(15)25;21-20(22,23)16-10-9-13(12-24)11-19(16)25-17-7-3-1-5-14(17)15-6-2-4-8-18(15)25/h1-25H;1-11H;2*1-11H. The topological polar surface area (TPSA) is 115 Å². The van der Waals surface area contributed by atoms with Crippen molar-refractivity contribution in [3.05, 3.63) is 396 Å². The molecular weight excluding hydrogens is 1600 g/mol. The number of rotatable bonds is 9. The van der Waals surface area contributed by atoms with Crippen LogP contribution in [0, 0.1) is 45.3 Å². The molecular formula is C99H58F14N8Si. The van der Waals surface area contributed by atoms with E-state index in [4.69, 9.17) is 15.8 Å². The summed E-state index contributed by atoms with van der Waals surface area (Å²) in [4.78, 5) is 0. The molecule has 8 nitrogen and oxygen atoms in total. The van der Waals surface area contributed by atoms with Gasteiger partial charge < -0.3 is 18.3 Å². The lowest BCUT2D eigenvalue weighted by Crippen LogP contribution is -2.75. The lowest BCUT2D eigenvalue weighted by atomic mass is 10.0. The van der Waals surface area contributed by atoms with Gasteiger partial charge in [-0.2, -0.15) is 82.5 Å². The highest BCUT2D eigenvalue weighted by atomic mass is 28.3. The van der Waals surface area contributed by atoms with E-state index in [-0.39, 0.29) is 45.0 Å². The SMILES string of the molecule is N#Cc1cc(C(F)(F)F)c(-n2c3ccccc3c3ccccc32)cc1[Si](c1ccccc1)(c1ccccc1)c1ccccc1.N#Cc1ccc(-n2c3ccccc3c3ccccc32)c(C(F)(F)C(F)(F)F)c1.N#Cc1ccc(-n2c3ccccc3c3ccccc32)c(C(F)(F)F)c1.N#Cc1ccc(C(F)(F)F)c(-n2c3ccccc3c3ccccc32)c1. The van der Waals surface area contributed by atoms with Crippen molar-refractivity contribution in [3.8, 4) is 47.0 Å². The molecule has 19 rings (SSSR count). The maximum absolute atomic E-state index is 15.0. The van der Waals surface area contributed by atoms with Gasteiger partial charge in [-0.05, 0) is 136 Å². The highest BCUT2D eigenvalue weighted by Gasteiger charge is 2.60. The van der Waals surface area contributed by atoms with Crippen molar-refractivity contribution in [2.75, 3.05) is 0 Å². The van der Waals surface area contributed by atoms with Crippen LogP contribution in [0.5, 0.6) is 0 Å². The Morgan fingerprint density at radius 3 is 0.754 bits per heavy atom. The molecule has 0 aliphatic heterocycles. The van der Waals surface area contributed by atoms with Crippen molar-refractivity contribution in [1.29, 1.82) is 21.0 Å². The highest BCUT2D eigenvalue weighted by Crippen LogP contribution is 2.49. The van der Waals surface area contributed by atoms with Crippen molar-refractivity contribution in [1.82, 2.24) is 18.3 Å². The molecule has 4 aromatic heterocycles. The van der Waals surface area contributed by atoms with Crippen molar-refractivity contribution < 1.29 is 61.5 Å². The van der Waals surface area contributed by atoms with Crippen LogP contribution < -0.4 is 20.7 Å². The fraction of sp³-hybridized carbons (Fsp3) is 0.0505. The third-order valence-electron chi connectivity index (χ3n) is 21.6. The molecule has 0 aliphatic rings. The number of nitriles is 4. The number of nitrogens with zero attached hydrogens (tertiary/aromatic N) is 8. The molecule has 0 aliphatic carbocycles. The summed E-state index contributed by atoms with van der Waals surface area (Å²) < 4.78 is 201. The van der Waals surface area contributed by atoms with Crippen LogP contribution in [0.1, 0.15) is 44.5 Å². The molecule has 0 saturated carbocycles. The predicted octanol–water partition coefficient (Wildman–Crippen LogP) is 24.7. The first-order chi connectivity index (χ1) is 58.7. The smallest absolute Gasteiger partial charge is 0.309 e. The van der Waals surface area contributed by atoms with Crippen molar-refractivity contribution in [3.63, 3.8) is 0 Å². The van der Waals surface area contributed by atoms with Crippen molar-refractivity contribution >= 4 is 116 Å². The summed E-state index contributed by atoms with van der Waals surface area (Å²) in [6.45, 7) is 0. The molecule has 0 amide bonds. The van der Waals surface area contributed by atoms with Gasteiger partial charge in [0, 0.05) is 43.1 Å². The Morgan fingerprint density at radius 1 is 0.221 bits per heavy atom. The summed E-state index contributed by atoms with van der Waals surface area (Å²) in [5.41, 5.74) is 0.933. The number of halogens is 14. The average Bonchev–Trinajstić information content (AvgIpc) is 1.03. The zero-order valence-corrected chi connectivity index (χ0v) is 64.4. The highest BCUT2D eigenvalue weighted by molar-refractivity contribution is 7.20. The molecule has 0 saturated heterocycles. The monoisotopic (exact) mass is 1650 g/mol. The number of hydrogen-bond donors (Lipinski definition) is 0. The summed E-state index contributed by atoms with van der Waals surface area (Å²) in [5, 5.41) is 47.9. The molecule has 0 N–H and O–H groups in total. The number of para-hydroxylation sites is 8. The molecule has 19 aromatic rings. The van der Waals surface area contributed by atoms with Gasteiger partial charge in [-0.3, -0.25) is 0 Å². The number of alkyl halides is 14. The Balaban J connectivity index is 0.000000125. The van der Waals surface area contributed by atoms with E-state index in [2.05, 4.69) is 6.07 Å². The first kappa shape index (κ1) is 80.5. The molecule has 0 radical (unpaired) electrons. The molecule has 23 heteroatoms. The minimum atomic E-state index is -5.80. The van der Waals surface area contributed by atoms with Gasteiger partial charge in [0.1, 0.15) is 0 Å². The quantitative estimate of drug-likeness (QED) is 0.0813. The van der Waals surface area contributed by atoms with E-state index >= 15 is 13.2 Å². The summed E-state index contributed by atoms with van der Waals surface area (Å²) >= 11 is 0. The zero-order chi connectivity index (χ0) is 85.6. The van der Waals surface area contributed by atoms with Gasteiger partial charge in [0.15, 0.2) is 8.07 Å². The van der Waals surface area contributed by atoms with Gasteiger partial charge >= 0.3 is 30.6 Å². The number of aromatic nitrogens is 4. The lowest BCUT2D eigenvalue weighted by Gasteiger charge is -2.35. The van der Waals surface area contributed by atoms with E-state index in [0.717, 1.165) is 82.9 Å². The molecule has 122 heavy (non-hydrogen) atoms. The zero-order valence-electron chi connectivity index (χ0n) is 63.4. The van der Waals surface area contributed by atoms with Crippen LogP contribution in [-0.4, -0.2) is 32.5 Å². The Hall–Kier alpha value is -15.3. The summed E-state index contributed by atoms with van der Waals surface area (Å²) in [6.07, 6.45) is -19.6. The van der Waals surface area contributed by atoms with Crippen LogP contribution in [0.3, 0.4) is 0 Å². The first-order valence-corrected chi connectivity index (χ1v) is 39.7. The minimum absolute atomic E-state index is 0.00330. The molecule has 0 spiro atoms. The Morgan fingerprint density at radius 2 is 0.467 bits per heavy atom. The molecule has 0 bridgehead atoms. The second kappa shape index (κ2) is 31.9. The van der Waals surface area contributed by atoms with Gasteiger partial charge in [-0.25, -0.2) is 0 Å². The Kier molecular flexibility index (Phi) is 21.0. The number of hydrogen-bond acceptors (Lipinski definition) is 4. The second-order valence-electron chi connectivity index (χ2n) is 28.5. The van der Waals surface area contributed by atoms with E-state index in [1.807, 2.05) is 194 Å². The van der Waals surface area contributed by atoms with Crippen molar-refractivity contribution in [2.45, 2.75) is 30.6 Å². The Labute approximate surface area is 687 Å². The van der Waals surface area contributed by atoms with Gasteiger partial charge in [0.05, 0.1) is 136 Å². The lowest BCUT2D eigenvalue weighted by molar-refractivity contribution is -0.289. The van der Waals surface area contributed by atoms with E-state index < -0.39 is 61.0 Å². The maximum atomic E-state index is 15.0. The molecule has 0 atom stereocenters. The maximum Gasteiger partial charge on any atom is 0.458 e. The third-order valence-corrected chi connectivity index (χ3v) is 26.4. The predicted molar refractivity (Wildman–Crippen MR) is 451 cm³/mol. The third kappa shape index (κ3) is 14.3. The van der Waals surface area contributed by atoms with Crippen LogP contribution in [-0.2, 0) is 24.5 Å². The molecule has 15 aromatic carbocycles. The number of fused-ring (bicyclic) bond motifs is 12. The summed E-state index contributed by atoms with van der Waals surface area (Å²) in [6, 6.07) is 108. The number of benzene rings is 15. The second-order valence-corrected chi connectivity index (χ2v) is 32.2. The van der Waals surface area contributed by atoms with Crippen LogP contribution in [0.15, 0.2) is 352 Å². The van der Waals surface area contributed by atoms with E-state index in [1.165, 1.54) is 34.9 Å². The molecule has 0 fully saturated rings. The molecule has 4 heterocycles. The summed E-state index contributed by atoms with van der Waals surface area (Å²) in [5.74, 6) is -5.12. The molecule has 0 unspecified atom stereocenters. The van der Waals surface area contributed by atoms with Gasteiger partial charge in [0.25, 0.3) is 0 Å². The minimum Gasteiger partial charge on any atom is -0.309 e. The first-order valence-electron chi connectivity index (χ1n) is 37.7. The van der Waals surface area contributed by atoms with E-state index in [9.17, 15) is 53.6 Å². The van der Waals surface area contributed by atoms with Gasteiger partial charge in [-0.15, -0.1) is 0 Å². The van der Waals surface area contributed by atoms with Crippen LogP contribution in [0.2, 0.25) is 0 Å². The van der Waals surface area contributed by atoms with Crippen LogP contribution >= 0.6 is 0 Å². The normalized spacial score (nSPS) is 12.0. The van der Waals surface area contributed by atoms with Crippen LogP contribution in [0.25, 0.3) is 110 Å². The summed E-state index contributed by atoms with van der Waals surface area (Å²) in [7, 11) is -3.33. The van der Waals surface area contributed by atoms with E-state index in [0.29, 0.717) is 55.4 Å². The Bertz CT molecular complexity index is 7130. The molecule has 596 valence electrons. The largest absolute Gasteiger partial charge is 0.458 e. The average molecular weight is 1650 g/mol. The van der Waals surface area contributed by atoms with E-state index in [1.54, 1.807) is 129 Å². The fourth-order valence-corrected chi connectivity index (χ4v) is 21.3. The van der Waals surface area contributed by atoms with Gasteiger partial charge in [0.2, 0.25) is 0 Å². The van der Waals surface area contributed by atoms with Crippen LogP contribution in [0.4, 0.5) is 61.5 Å². The fourth-order valence-electron chi connectivity index (χ4n) is 16.4. The van der Waals surface area contributed by atoms with Crippen molar-refractivity contribution in [2.24, 2.45) is 0 Å². The van der Waals surface area contributed by atoms with Gasteiger partial charge in [-0.1, -0.05) is 237 Å².